The molecule has 1 aliphatic carbocycles. The Hall–Kier alpha value is -3.62. The van der Waals surface area contributed by atoms with Crippen LogP contribution in [0.25, 0.3) is 16.9 Å². The van der Waals surface area contributed by atoms with Crippen molar-refractivity contribution in [2.75, 3.05) is 0 Å². The first-order chi connectivity index (χ1) is 13.9. The van der Waals surface area contributed by atoms with Gasteiger partial charge in [0.05, 0.1) is 11.3 Å². The van der Waals surface area contributed by atoms with Crippen LogP contribution in [-0.2, 0) is 0 Å². The van der Waals surface area contributed by atoms with Gasteiger partial charge in [-0.25, -0.2) is 23.1 Å². The molecular formula is C20H15F2N5O2. The number of fused-ring (bicyclic) bond motifs is 1. The summed E-state index contributed by atoms with van der Waals surface area (Å²) in [7, 11) is 0. The molecule has 2 atom stereocenters. The highest BCUT2D eigenvalue weighted by molar-refractivity contribution is 5.63. The second-order valence-corrected chi connectivity index (χ2v) is 7.24. The van der Waals surface area contributed by atoms with Gasteiger partial charge in [-0.15, -0.1) is 0 Å². The molecule has 0 bridgehead atoms. The summed E-state index contributed by atoms with van der Waals surface area (Å²) < 4.78 is 29.9. The third-order valence-corrected chi connectivity index (χ3v) is 5.35. The molecule has 3 heterocycles. The van der Waals surface area contributed by atoms with Crippen LogP contribution < -0.4 is 11.2 Å². The van der Waals surface area contributed by atoms with Crippen LogP contribution in [0.15, 0.2) is 46.4 Å². The van der Waals surface area contributed by atoms with Crippen LogP contribution >= 0.6 is 0 Å². The minimum absolute atomic E-state index is 0.0832. The van der Waals surface area contributed by atoms with E-state index in [0.717, 1.165) is 5.56 Å². The molecule has 0 radical (unpaired) electrons. The maximum Gasteiger partial charge on any atom is 0.325 e. The summed E-state index contributed by atoms with van der Waals surface area (Å²) in [6, 6.07) is 4.19. The maximum absolute atomic E-state index is 14.4. The summed E-state index contributed by atoms with van der Waals surface area (Å²) in [6.07, 6.45) is 5.16. The van der Waals surface area contributed by atoms with Gasteiger partial charge in [0.2, 0.25) is 0 Å². The van der Waals surface area contributed by atoms with Crippen molar-refractivity contribution in [1.82, 2.24) is 24.6 Å². The van der Waals surface area contributed by atoms with E-state index in [1.165, 1.54) is 29.8 Å². The number of aryl methyl sites for hydroxylation is 1. The SMILES string of the molecule is Cc1cc(F)c([C@H]2CC2c2cc(-c3c[nH]c(=O)[nH]c3=O)nn3ccnc23)cc1F. The molecule has 1 aromatic carbocycles. The number of hydrogen-bond acceptors (Lipinski definition) is 4. The number of imidazole rings is 1. The van der Waals surface area contributed by atoms with Crippen molar-refractivity contribution in [2.45, 2.75) is 25.2 Å². The molecule has 0 spiro atoms. The number of nitrogens with one attached hydrogen (secondary N) is 2. The van der Waals surface area contributed by atoms with Gasteiger partial charge in [-0.05, 0) is 54.5 Å². The van der Waals surface area contributed by atoms with E-state index in [4.69, 9.17) is 0 Å². The fraction of sp³-hybridized carbons (Fsp3) is 0.200. The molecule has 1 aliphatic rings. The highest BCUT2D eigenvalue weighted by Crippen LogP contribution is 2.56. The molecule has 1 unspecified atom stereocenters. The zero-order chi connectivity index (χ0) is 20.3. The van der Waals surface area contributed by atoms with Crippen LogP contribution in [0.4, 0.5) is 8.78 Å². The van der Waals surface area contributed by atoms with Crippen LogP contribution in [0.5, 0.6) is 0 Å². The largest absolute Gasteiger partial charge is 0.325 e. The molecule has 0 aliphatic heterocycles. The van der Waals surface area contributed by atoms with Crippen molar-refractivity contribution in [3.8, 4) is 11.3 Å². The van der Waals surface area contributed by atoms with Gasteiger partial charge in [-0.3, -0.25) is 9.78 Å². The Morgan fingerprint density at radius 2 is 1.90 bits per heavy atom. The van der Waals surface area contributed by atoms with Crippen LogP contribution in [-0.4, -0.2) is 24.6 Å². The smallest absolute Gasteiger partial charge is 0.313 e. The van der Waals surface area contributed by atoms with Crippen molar-refractivity contribution >= 4 is 5.65 Å². The van der Waals surface area contributed by atoms with Gasteiger partial charge >= 0.3 is 5.69 Å². The fourth-order valence-corrected chi connectivity index (χ4v) is 3.77. The van der Waals surface area contributed by atoms with E-state index in [0.29, 0.717) is 23.3 Å². The van der Waals surface area contributed by atoms with Crippen LogP contribution in [0, 0.1) is 18.6 Å². The topological polar surface area (TPSA) is 95.9 Å². The molecular weight excluding hydrogens is 380 g/mol. The van der Waals surface area contributed by atoms with Gasteiger partial charge in [0.15, 0.2) is 5.65 Å². The van der Waals surface area contributed by atoms with Gasteiger partial charge in [-0.2, -0.15) is 5.10 Å². The second-order valence-electron chi connectivity index (χ2n) is 7.24. The Morgan fingerprint density at radius 1 is 1.10 bits per heavy atom. The van der Waals surface area contributed by atoms with Crippen molar-refractivity contribution in [3.63, 3.8) is 0 Å². The lowest BCUT2D eigenvalue weighted by atomic mass is 10.0. The van der Waals surface area contributed by atoms with Crippen molar-refractivity contribution in [1.29, 1.82) is 0 Å². The molecule has 5 rings (SSSR count). The number of rotatable bonds is 3. The first kappa shape index (κ1) is 17.5. The number of H-pyrrole nitrogens is 2. The third-order valence-electron chi connectivity index (χ3n) is 5.35. The normalized spacial score (nSPS) is 18.3. The Morgan fingerprint density at radius 3 is 2.69 bits per heavy atom. The van der Waals surface area contributed by atoms with Crippen molar-refractivity contribution in [2.24, 2.45) is 0 Å². The maximum atomic E-state index is 14.4. The summed E-state index contributed by atoms with van der Waals surface area (Å²) in [5.41, 5.74) is 1.36. The van der Waals surface area contributed by atoms with E-state index in [-0.39, 0.29) is 23.0 Å². The number of hydrogen-bond donors (Lipinski definition) is 2. The number of benzene rings is 1. The molecule has 1 fully saturated rings. The average molecular weight is 395 g/mol. The van der Waals surface area contributed by atoms with Gasteiger partial charge in [-0.1, -0.05) is 0 Å². The lowest BCUT2D eigenvalue weighted by Crippen LogP contribution is -2.23. The van der Waals surface area contributed by atoms with Crippen molar-refractivity contribution < 1.29 is 8.78 Å². The number of aromatic nitrogens is 5. The van der Waals surface area contributed by atoms with E-state index < -0.39 is 22.9 Å². The molecule has 0 saturated heterocycles. The average Bonchev–Trinajstić information content (AvgIpc) is 3.31. The predicted octanol–water partition coefficient (Wildman–Crippen LogP) is 2.63. The molecule has 4 aromatic rings. The zero-order valence-electron chi connectivity index (χ0n) is 15.2. The minimum Gasteiger partial charge on any atom is -0.313 e. The lowest BCUT2D eigenvalue weighted by molar-refractivity contribution is 0.578. The fourth-order valence-electron chi connectivity index (χ4n) is 3.77. The number of aromatic amines is 2. The highest BCUT2D eigenvalue weighted by Gasteiger charge is 2.43. The highest BCUT2D eigenvalue weighted by atomic mass is 19.1. The van der Waals surface area contributed by atoms with E-state index in [2.05, 4.69) is 20.1 Å². The Bertz CT molecular complexity index is 1390. The summed E-state index contributed by atoms with van der Waals surface area (Å²) in [4.78, 5) is 32.4. The Balaban J connectivity index is 1.61. The quantitative estimate of drug-likeness (QED) is 0.557. The van der Waals surface area contributed by atoms with Crippen LogP contribution in [0.1, 0.15) is 34.9 Å². The molecule has 146 valence electrons. The second kappa shape index (κ2) is 6.20. The molecule has 3 aromatic heterocycles. The van der Waals surface area contributed by atoms with E-state index >= 15 is 0 Å². The summed E-state index contributed by atoms with van der Waals surface area (Å²) in [6.45, 7) is 1.53. The standard InChI is InChI=1S/C20H15F2N5O2/c1-9-4-16(22)12(6-15(9)21)10-5-11(10)13-7-17(26-27-3-2-23-18(13)27)14-8-24-20(29)25-19(14)28/h2-4,6-8,10-11H,5H2,1H3,(H2,24,25,28,29)/t10-,11?/m0/s1. The van der Waals surface area contributed by atoms with Crippen LogP contribution in [0.3, 0.4) is 0 Å². The van der Waals surface area contributed by atoms with E-state index in [1.807, 2.05) is 0 Å². The molecule has 0 amide bonds. The van der Waals surface area contributed by atoms with Gasteiger partial charge in [0.25, 0.3) is 5.56 Å². The first-order valence-electron chi connectivity index (χ1n) is 9.04. The molecule has 2 N–H and O–H groups in total. The number of halogens is 2. The summed E-state index contributed by atoms with van der Waals surface area (Å²) in [5, 5.41) is 4.39. The van der Waals surface area contributed by atoms with Crippen molar-refractivity contribution in [3.05, 3.63) is 86.0 Å². The third kappa shape index (κ3) is 2.86. The lowest BCUT2D eigenvalue weighted by Gasteiger charge is -2.08. The summed E-state index contributed by atoms with van der Waals surface area (Å²) in [5.74, 6) is -1.13. The first-order valence-corrected chi connectivity index (χ1v) is 9.04. The molecule has 1 saturated carbocycles. The molecule has 9 heteroatoms. The Kier molecular flexibility index (Phi) is 3.73. The number of nitrogens with zero attached hydrogens (tertiary/aromatic N) is 3. The minimum atomic E-state index is -0.609. The molecule has 7 nitrogen and oxygen atoms in total. The Labute approximate surface area is 162 Å². The monoisotopic (exact) mass is 395 g/mol. The van der Waals surface area contributed by atoms with E-state index in [9.17, 15) is 18.4 Å². The van der Waals surface area contributed by atoms with Gasteiger partial charge in [0.1, 0.15) is 11.6 Å². The van der Waals surface area contributed by atoms with Gasteiger partial charge < -0.3 is 4.98 Å². The molecule has 29 heavy (non-hydrogen) atoms. The zero-order valence-corrected chi connectivity index (χ0v) is 15.2. The predicted molar refractivity (Wildman–Crippen MR) is 101 cm³/mol. The van der Waals surface area contributed by atoms with E-state index in [1.54, 1.807) is 18.5 Å². The summed E-state index contributed by atoms with van der Waals surface area (Å²) >= 11 is 0. The van der Waals surface area contributed by atoms with Gasteiger partial charge in [0, 0.05) is 24.2 Å². The van der Waals surface area contributed by atoms with Crippen LogP contribution in [0.2, 0.25) is 0 Å².